The number of quaternary nitrogens is 1. The number of carbonyl (C=O) groups is 2. The predicted molar refractivity (Wildman–Crippen MR) is 199 cm³/mol. The fourth-order valence-corrected chi connectivity index (χ4v) is 6.38. The molecule has 0 radical (unpaired) electrons. The van der Waals surface area contributed by atoms with E-state index in [1.165, 1.54) is 116 Å². The van der Waals surface area contributed by atoms with E-state index in [1.54, 1.807) is 0 Å². The van der Waals surface area contributed by atoms with Gasteiger partial charge in [0.25, 0.3) is 14.1 Å². The van der Waals surface area contributed by atoms with Gasteiger partial charge in [0.2, 0.25) is 0 Å². The number of ether oxygens (including phenoxy) is 2. The van der Waals surface area contributed by atoms with Gasteiger partial charge in [-0.05, 0) is 12.8 Å². The van der Waals surface area contributed by atoms with Crippen LogP contribution in [0.4, 0.5) is 0 Å². The second-order valence-electron chi connectivity index (χ2n) is 15.0. The first kappa shape index (κ1) is 48.0. The average Bonchev–Trinajstić information content (AvgIpc) is 3.03. The van der Waals surface area contributed by atoms with E-state index < -0.39 is 32.7 Å². The molecule has 0 aromatic rings. The van der Waals surface area contributed by atoms with E-state index in [1.807, 2.05) is 21.1 Å². The summed E-state index contributed by atoms with van der Waals surface area (Å²) in [6.45, 7) is 4.28. The van der Waals surface area contributed by atoms with Crippen LogP contribution in [0, 0.1) is 0 Å². The Morgan fingerprint density at radius 3 is 1.14 bits per heavy atom. The molecule has 0 spiro atoms. The SMILES string of the molecule is CCCCCCCCCCCCCCCC(=O)OC(COP(=O)([O-])OCC[N+](C)(C)C)OC(=O)CCCCCCCCCCCCCCC. The summed E-state index contributed by atoms with van der Waals surface area (Å²) in [4.78, 5) is 37.5. The molecule has 9 nitrogen and oxygen atoms in total. The van der Waals surface area contributed by atoms with Crippen molar-refractivity contribution in [2.45, 2.75) is 200 Å². The van der Waals surface area contributed by atoms with E-state index in [-0.39, 0.29) is 19.4 Å². The first-order valence-corrected chi connectivity index (χ1v) is 21.7. The zero-order chi connectivity index (χ0) is 36.5. The average molecular weight is 720 g/mol. The highest BCUT2D eigenvalue weighted by Gasteiger charge is 2.23. The standard InChI is InChI=1S/C39H78NO8P/c1-6-8-10-12-14-16-18-20-22-24-26-28-30-32-37(41)47-39(36-46-49(43,44)45-35-34-40(3,4)5)48-38(42)33-31-29-27-25-23-21-19-17-15-13-11-9-7-2/h39H,6-36H2,1-5H3. The first-order chi connectivity index (χ1) is 23.5. The molecule has 1 atom stereocenters. The van der Waals surface area contributed by atoms with Gasteiger partial charge in [-0.1, -0.05) is 168 Å². The molecular weight excluding hydrogens is 641 g/mol. The van der Waals surface area contributed by atoms with Crippen molar-refractivity contribution in [1.82, 2.24) is 0 Å². The molecule has 0 aliphatic heterocycles. The lowest BCUT2D eigenvalue weighted by atomic mass is 10.0. The van der Waals surface area contributed by atoms with E-state index in [4.69, 9.17) is 18.5 Å². The quantitative estimate of drug-likeness (QED) is 0.0205. The second-order valence-corrected chi connectivity index (χ2v) is 16.4. The lowest BCUT2D eigenvalue weighted by Gasteiger charge is -2.28. The van der Waals surface area contributed by atoms with Crippen LogP contribution in [0.3, 0.4) is 0 Å². The van der Waals surface area contributed by atoms with Crippen molar-refractivity contribution in [3.05, 3.63) is 0 Å². The maximum atomic E-state index is 12.6. The monoisotopic (exact) mass is 720 g/mol. The zero-order valence-corrected chi connectivity index (χ0v) is 33.6. The Kier molecular flexibility index (Phi) is 32.2. The molecular formula is C39H78NO8P. The maximum Gasteiger partial charge on any atom is 0.308 e. The van der Waals surface area contributed by atoms with E-state index in [9.17, 15) is 19.0 Å². The fraction of sp³-hybridized carbons (Fsp3) is 0.949. The van der Waals surface area contributed by atoms with Gasteiger partial charge in [0.15, 0.2) is 0 Å². The van der Waals surface area contributed by atoms with Gasteiger partial charge in [0, 0.05) is 12.8 Å². The Labute approximate surface area is 302 Å². The van der Waals surface area contributed by atoms with Crippen molar-refractivity contribution < 1.29 is 42.1 Å². The van der Waals surface area contributed by atoms with Crippen molar-refractivity contribution in [2.75, 3.05) is 40.9 Å². The molecule has 0 bridgehead atoms. The summed E-state index contributed by atoms with van der Waals surface area (Å²) in [6, 6.07) is 0. The number of phosphoric acid groups is 1. The van der Waals surface area contributed by atoms with Crippen molar-refractivity contribution in [3.63, 3.8) is 0 Å². The predicted octanol–water partition coefficient (Wildman–Crippen LogP) is 10.6. The minimum Gasteiger partial charge on any atom is -0.756 e. The molecule has 0 heterocycles. The highest BCUT2D eigenvalue weighted by Crippen LogP contribution is 2.38. The molecule has 0 aromatic heterocycles. The third-order valence-electron chi connectivity index (χ3n) is 8.87. The lowest BCUT2D eigenvalue weighted by Crippen LogP contribution is -2.37. The number of likely N-dealkylation sites (N-methyl/N-ethyl adjacent to an activating group) is 1. The Balaban J connectivity index is 4.39. The molecule has 0 fully saturated rings. The summed E-state index contributed by atoms with van der Waals surface area (Å²) in [7, 11) is 1.10. The van der Waals surface area contributed by atoms with E-state index in [0.29, 0.717) is 23.9 Å². The van der Waals surface area contributed by atoms with Crippen molar-refractivity contribution in [3.8, 4) is 0 Å². The van der Waals surface area contributed by atoms with Crippen LogP contribution in [0.15, 0.2) is 0 Å². The molecule has 0 saturated carbocycles. The maximum absolute atomic E-state index is 12.6. The van der Waals surface area contributed by atoms with Crippen LogP contribution >= 0.6 is 7.82 Å². The van der Waals surface area contributed by atoms with Crippen LogP contribution in [0.25, 0.3) is 0 Å². The molecule has 0 aromatic carbocycles. The summed E-state index contributed by atoms with van der Waals surface area (Å²) < 4.78 is 33.5. The van der Waals surface area contributed by atoms with Gasteiger partial charge in [0.05, 0.1) is 21.1 Å². The zero-order valence-electron chi connectivity index (χ0n) is 32.7. The van der Waals surface area contributed by atoms with E-state index in [0.717, 1.165) is 38.5 Å². The molecule has 0 aliphatic carbocycles. The number of carbonyl (C=O) groups excluding carboxylic acids is 2. The number of nitrogens with zero attached hydrogens (tertiary/aromatic N) is 1. The van der Waals surface area contributed by atoms with Crippen LogP contribution in [0.1, 0.15) is 194 Å². The van der Waals surface area contributed by atoms with Crippen molar-refractivity contribution >= 4 is 19.8 Å². The van der Waals surface area contributed by atoms with Gasteiger partial charge < -0.3 is 27.9 Å². The second kappa shape index (κ2) is 32.9. The number of hydrogen-bond acceptors (Lipinski definition) is 8. The molecule has 0 N–H and O–H groups in total. The highest BCUT2D eigenvalue weighted by molar-refractivity contribution is 7.45. The minimum atomic E-state index is -4.66. The van der Waals surface area contributed by atoms with Crippen molar-refractivity contribution in [2.24, 2.45) is 0 Å². The third kappa shape index (κ3) is 36.6. The molecule has 0 amide bonds. The lowest BCUT2D eigenvalue weighted by molar-refractivity contribution is -0.870. The van der Waals surface area contributed by atoms with E-state index in [2.05, 4.69) is 13.8 Å². The van der Waals surface area contributed by atoms with Crippen LogP contribution in [0.2, 0.25) is 0 Å². The molecule has 1 unspecified atom stereocenters. The van der Waals surface area contributed by atoms with Crippen LogP contribution in [-0.2, 0) is 32.7 Å². The van der Waals surface area contributed by atoms with Gasteiger partial charge in [-0.3, -0.25) is 14.2 Å². The van der Waals surface area contributed by atoms with Crippen molar-refractivity contribution in [1.29, 1.82) is 0 Å². The van der Waals surface area contributed by atoms with Gasteiger partial charge in [-0.25, -0.2) is 0 Å². The van der Waals surface area contributed by atoms with Gasteiger partial charge in [-0.2, -0.15) is 0 Å². The largest absolute Gasteiger partial charge is 0.756 e. The Hall–Kier alpha value is -0.990. The fourth-order valence-electron chi connectivity index (χ4n) is 5.69. The Morgan fingerprint density at radius 1 is 0.531 bits per heavy atom. The number of rotatable bonds is 37. The third-order valence-corrected chi connectivity index (χ3v) is 9.84. The summed E-state index contributed by atoms with van der Waals surface area (Å²) in [5.41, 5.74) is 0. The topological polar surface area (TPSA) is 111 Å². The van der Waals surface area contributed by atoms with Crippen LogP contribution in [-0.4, -0.2) is 63.6 Å². The van der Waals surface area contributed by atoms with Gasteiger partial charge in [0.1, 0.15) is 19.8 Å². The van der Waals surface area contributed by atoms with Gasteiger partial charge in [-0.15, -0.1) is 0 Å². The summed E-state index contributed by atoms with van der Waals surface area (Å²) in [6.07, 6.45) is 30.2. The minimum absolute atomic E-state index is 0.0490. The Morgan fingerprint density at radius 2 is 0.837 bits per heavy atom. The first-order valence-electron chi connectivity index (χ1n) is 20.3. The molecule has 0 rings (SSSR count). The Bertz CT molecular complexity index is 775. The molecule has 10 heteroatoms. The van der Waals surface area contributed by atoms with Crippen LogP contribution in [0.5, 0.6) is 0 Å². The van der Waals surface area contributed by atoms with E-state index >= 15 is 0 Å². The molecule has 0 aliphatic rings. The highest BCUT2D eigenvalue weighted by atomic mass is 31.2. The normalized spacial score (nSPS) is 13.1. The molecule has 0 saturated heterocycles. The van der Waals surface area contributed by atoms with Gasteiger partial charge >= 0.3 is 11.9 Å². The smallest absolute Gasteiger partial charge is 0.308 e. The molecule has 292 valence electrons. The summed E-state index contributed by atoms with van der Waals surface area (Å²) in [5.74, 6) is -1.06. The molecule has 49 heavy (non-hydrogen) atoms. The summed E-state index contributed by atoms with van der Waals surface area (Å²) >= 11 is 0. The summed E-state index contributed by atoms with van der Waals surface area (Å²) in [5, 5.41) is 0. The number of unbranched alkanes of at least 4 members (excludes halogenated alkanes) is 24. The number of esters is 2. The van der Waals surface area contributed by atoms with Crippen LogP contribution < -0.4 is 4.89 Å². The number of hydrogen-bond donors (Lipinski definition) is 0. The number of phosphoric ester groups is 1.